The Hall–Kier alpha value is -1.88. The zero-order valence-electron chi connectivity index (χ0n) is 17.7. The van der Waals surface area contributed by atoms with Crippen LogP contribution in [0.25, 0.3) is 22.0 Å². The second kappa shape index (κ2) is 8.70. The van der Waals surface area contributed by atoms with Crippen LogP contribution in [-0.2, 0) is 6.54 Å². The van der Waals surface area contributed by atoms with Gasteiger partial charge in [-0.3, -0.25) is 9.36 Å². The Bertz CT molecular complexity index is 1140. The van der Waals surface area contributed by atoms with Crippen LogP contribution in [0.5, 0.6) is 0 Å². The van der Waals surface area contributed by atoms with Crippen molar-refractivity contribution in [3.63, 3.8) is 0 Å². The van der Waals surface area contributed by atoms with Gasteiger partial charge in [-0.25, -0.2) is 4.98 Å². The average molecular weight is 444 g/mol. The third kappa shape index (κ3) is 4.27. The highest BCUT2D eigenvalue weighted by Crippen LogP contribution is 2.31. The predicted molar refractivity (Wildman–Crippen MR) is 126 cm³/mol. The van der Waals surface area contributed by atoms with E-state index in [1.54, 1.807) is 12.1 Å². The number of benzene rings is 2. The maximum atomic E-state index is 13.4. The molecule has 2 aromatic carbocycles. The van der Waals surface area contributed by atoms with Crippen molar-refractivity contribution < 1.29 is 0 Å². The van der Waals surface area contributed by atoms with Crippen molar-refractivity contribution in [1.82, 2.24) is 14.5 Å². The van der Waals surface area contributed by atoms with Crippen LogP contribution in [0.3, 0.4) is 0 Å². The molecule has 4 nitrogen and oxygen atoms in total. The first kappa shape index (κ1) is 21.4. The first-order valence-electron chi connectivity index (χ1n) is 10.5. The first-order valence-corrected chi connectivity index (χ1v) is 11.3. The van der Waals surface area contributed by atoms with Gasteiger partial charge >= 0.3 is 0 Å². The number of hydrogen-bond acceptors (Lipinski definition) is 3. The Kier molecular flexibility index (Phi) is 6.19. The topological polar surface area (TPSA) is 38.1 Å². The SMILES string of the molecule is Cc1nc2ccc(-c3cc(Cl)ccc3Cl)cc2c(=O)n1C[C@H]1CCCN(C(C)C)C1. The molecule has 6 heteroatoms. The summed E-state index contributed by atoms with van der Waals surface area (Å²) in [5.41, 5.74) is 2.41. The van der Waals surface area contributed by atoms with E-state index < -0.39 is 0 Å². The predicted octanol–water partition coefficient (Wildman–Crippen LogP) is 5.80. The number of fused-ring (bicyclic) bond motifs is 1. The van der Waals surface area contributed by atoms with Crippen molar-refractivity contribution in [3.8, 4) is 11.1 Å². The molecule has 1 saturated heterocycles. The molecule has 1 aliphatic heterocycles. The molecule has 0 amide bonds. The van der Waals surface area contributed by atoms with Crippen LogP contribution in [0, 0.1) is 12.8 Å². The van der Waals surface area contributed by atoms with Gasteiger partial charge < -0.3 is 4.90 Å². The fraction of sp³-hybridized carbons (Fsp3) is 0.417. The number of nitrogens with zero attached hydrogens (tertiary/aromatic N) is 3. The summed E-state index contributed by atoms with van der Waals surface area (Å²) < 4.78 is 1.85. The lowest BCUT2D eigenvalue weighted by atomic mass is 9.96. The van der Waals surface area contributed by atoms with E-state index in [1.807, 2.05) is 35.8 Å². The Labute approximate surface area is 187 Å². The van der Waals surface area contributed by atoms with Crippen LogP contribution in [0.15, 0.2) is 41.2 Å². The molecule has 1 aliphatic rings. The molecule has 0 spiro atoms. The van der Waals surface area contributed by atoms with E-state index in [4.69, 9.17) is 28.2 Å². The number of aryl methyl sites for hydroxylation is 1. The van der Waals surface area contributed by atoms with Gasteiger partial charge in [0.05, 0.1) is 10.9 Å². The number of likely N-dealkylation sites (tertiary alicyclic amines) is 1. The Morgan fingerprint density at radius 2 is 1.97 bits per heavy atom. The Morgan fingerprint density at radius 3 is 2.73 bits per heavy atom. The quantitative estimate of drug-likeness (QED) is 0.511. The molecule has 30 heavy (non-hydrogen) atoms. The second-order valence-corrected chi connectivity index (χ2v) is 9.37. The van der Waals surface area contributed by atoms with Gasteiger partial charge in [0.2, 0.25) is 0 Å². The summed E-state index contributed by atoms with van der Waals surface area (Å²) in [5.74, 6) is 1.23. The number of halogens is 2. The molecule has 2 heterocycles. The molecule has 4 rings (SSSR count). The van der Waals surface area contributed by atoms with Crippen molar-refractivity contribution in [2.75, 3.05) is 13.1 Å². The summed E-state index contributed by atoms with van der Waals surface area (Å²) in [6.45, 7) is 9.27. The van der Waals surface area contributed by atoms with Crippen LogP contribution < -0.4 is 5.56 Å². The number of piperidine rings is 1. The standard InChI is InChI=1S/C24H27Cl2N3O/c1-15(2)28-10-4-5-17(13-28)14-29-16(3)27-23-9-6-18(11-21(23)24(29)30)20-12-19(25)7-8-22(20)26/h6-9,11-12,15,17H,4-5,10,13-14H2,1-3H3/t17-/m0/s1. The van der Waals surface area contributed by atoms with Gasteiger partial charge in [-0.05, 0) is 82.0 Å². The number of aromatic nitrogens is 2. The third-order valence-corrected chi connectivity index (χ3v) is 6.67. The summed E-state index contributed by atoms with van der Waals surface area (Å²) in [6.07, 6.45) is 2.32. The highest BCUT2D eigenvalue weighted by molar-refractivity contribution is 6.35. The monoisotopic (exact) mass is 443 g/mol. The van der Waals surface area contributed by atoms with E-state index in [0.717, 1.165) is 36.5 Å². The fourth-order valence-electron chi connectivity index (χ4n) is 4.41. The minimum atomic E-state index is 0.0131. The largest absolute Gasteiger partial charge is 0.301 e. The van der Waals surface area contributed by atoms with Crippen molar-refractivity contribution in [3.05, 3.63) is 62.6 Å². The van der Waals surface area contributed by atoms with Crippen molar-refractivity contribution in [1.29, 1.82) is 0 Å². The van der Waals surface area contributed by atoms with Crippen molar-refractivity contribution >= 4 is 34.1 Å². The minimum Gasteiger partial charge on any atom is -0.301 e. The molecule has 0 N–H and O–H groups in total. The van der Waals surface area contributed by atoms with Gasteiger partial charge in [0.25, 0.3) is 5.56 Å². The normalized spacial score (nSPS) is 17.7. The highest BCUT2D eigenvalue weighted by atomic mass is 35.5. The molecule has 0 unspecified atom stereocenters. The highest BCUT2D eigenvalue weighted by Gasteiger charge is 2.23. The summed E-state index contributed by atoms with van der Waals surface area (Å²) in [5, 5.41) is 1.83. The summed E-state index contributed by atoms with van der Waals surface area (Å²) in [4.78, 5) is 20.6. The Balaban J connectivity index is 1.73. The lowest BCUT2D eigenvalue weighted by molar-refractivity contribution is 0.129. The van der Waals surface area contributed by atoms with E-state index in [-0.39, 0.29) is 5.56 Å². The lowest BCUT2D eigenvalue weighted by Gasteiger charge is -2.35. The van der Waals surface area contributed by atoms with Crippen molar-refractivity contribution in [2.24, 2.45) is 5.92 Å². The number of rotatable bonds is 4. The van der Waals surface area contributed by atoms with Gasteiger partial charge in [0.1, 0.15) is 5.82 Å². The molecular weight excluding hydrogens is 417 g/mol. The molecular formula is C24H27Cl2N3O. The van der Waals surface area contributed by atoms with Crippen LogP contribution in [0.1, 0.15) is 32.5 Å². The van der Waals surface area contributed by atoms with Crippen LogP contribution >= 0.6 is 23.2 Å². The molecule has 1 atom stereocenters. The van der Waals surface area contributed by atoms with Gasteiger partial charge in [-0.15, -0.1) is 0 Å². The van der Waals surface area contributed by atoms with Crippen LogP contribution in [0.4, 0.5) is 0 Å². The van der Waals surface area contributed by atoms with E-state index in [2.05, 4.69) is 18.7 Å². The van der Waals surface area contributed by atoms with Crippen molar-refractivity contribution in [2.45, 2.75) is 46.2 Å². The smallest absolute Gasteiger partial charge is 0.261 e. The maximum Gasteiger partial charge on any atom is 0.261 e. The van der Waals surface area contributed by atoms with E-state index in [9.17, 15) is 4.79 Å². The van der Waals surface area contributed by atoms with Crippen LogP contribution in [0.2, 0.25) is 10.0 Å². The van der Waals surface area contributed by atoms with Gasteiger partial charge in [0.15, 0.2) is 0 Å². The van der Waals surface area contributed by atoms with Gasteiger partial charge in [0, 0.05) is 34.7 Å². The Morgan fingerprint density at radius 1 is 1.17 bits per heavy atom. The molecule has 158 valence electrons. The lowest BCUT2D eigenvalue weighted by Crippen LogP contribution is -2.42. The van der Waals surface area contributed by atoms with E-state index in [0.29, 0.717) is 39.5 Å². The third-order valence-electron chi connectivity index (χ3n) is 6.11. The number of hydrogen-bond donors (Lipinski definition) is 0. The second-order valence-electron chi connectivity index (χ2n) is 8.53. The molecule has 0 aliphatic carbocycles. The molecule has 0 radical (unpaired) electrons. The summed E-state index contributed by atoms with van der Waals surface area (Å²) >= 11 is 12.5. The minimum absolute atomic E-state index is 0.0131. The van der Waals surface area contributed by atoms with Crippen LogP contribution in [-0.4, -0.2) is 33.6 Å². The molecule has 3 aromatic rings. The maximum absolute atomic E-state index is 13.4. The summed E-state index contributed by atoms with van der Waals surface area (Å²) in [6, 6.07) is 11.6. The zero-order chi connectivity index (χ0) is 21.4. The summed E-state index contributed by atoms with van der Waals surface area (Å²) in [7, 11) is 0. The van der Waals surface area contributed by atoms with Gasteiger partial charge in [-0.2, -0.15) is 0 Å². The molecule has 0 bridgehead atoms. The van der Waals surface area contributed by atoms with E-state index >= 15 is 0 Å². The molecule has 1 aromatic heterocycles. The first-order chi connectivity index (χ1) is 14.3. The fourth-order valence-corrected chi connectivity index (χ4v) is 4.81. The molecule has 0 saturated carbocycles. The zero-order valence-corrected chi connectivity index (χ0v) is 19.2. The molecule has 1 fully saturated rings. The average Bonchev–Trinajstić information content (AvgIpc) is 2.73. The van der Waals surface area contributed by atoms with Gasteiger partial charge in [-0.1, -0.05) is 29.3 Å². The van der Waals surface area contributed by atoms with E-state index in [1.165, 1.54) is 6.42 Å².